The molecule has 2 aromatic rings. The van der Waals surface area contributed by atoms with Crippen LogP contribution in [0.3, 0.4) is 0 Å². The molecule has 1 aliphatic rings. The highest BCUT2D eigenvalue weighted by Crippen LogP contribution is 2.48. The lowest BCUT2D eigenvalue weighted by atomic mass is 10.1. The molecule has 0 aliphatic heterocycles. The zero-order chi connectivity index (χ0) is 18.0. The molecule has 0 heterocycles. The van der Waals surface area contributed by atoms with Gasteiger partial charge in [-0.25, -0.2) is 0 Å². The van der Waals surface area contributed by atoms with Crippen molar-refractivity contribution < 1.29 is 23.1 Å². The first kappa shape index (κ1) is 17.5. The van der Waals surface area contributed by atoms with Gasteiger partial charge in [0.05, 0.1) is 12.2 Å². The number of alkyl halides is 3. The fourth-order valence-electron chi connectivity index (χ4n) is 2.97. The minimum Gasteiger partial charge on any atom is -0.392 e. The summed E-state index contributed by atoms with van der Waals surface area (Å²) < 4.78 is 37.7. The molecule has 132 valence electrons. The number of hydrogen-bond acceptors (Lipinski definition) is 2. The maximum atomic E-state index is 12.6. The van der Waals surface area contributed by atoms with E-state index in [0.29, 0.717) is 13.0 Å². The van der Waals surface area contributed by atoms with Crippen LogP contribution in [-0.4, -0.2) is 11.0 Å². The van der Waals surface area contributed by atoms with Crippen molar-refractivity contribution in [3.05, 3.63) is 70.8 Å². The Hall–Kier alpha value is -2.34. The fraction of sp³-hybridized carbons (Fsp3) is 0.316. The van der Waals surface area contributed by atoms with Gasteiger partial charge in [-0.1, -0.05) is 36.4 Å². The van der Waals surface area contributed by atoms with Crippen LogP contribution in [0.5, 0.6) is 0 Å². The zero-order valence-electron chi connectivity index (χ0n) is 13.4. The Kier molecular flexibility index (Phi) is 4.81. The lowest BCUT2D eigenvalue weighted by Crippen LogP contribution is -2.25. The summed E-state index contributed by atoms with van der Waals surface area (Å²) in [7, 11) is 0. The molecule has 0 spiro atoms. The summed E-state index contributed by atoms with van der Waals surface area (Å²) in [6, 6.07) is 12.3. The number of hydrogen-bond donors (Lipinski definition) is 2. The van der Waals surface area contributed by atoms with E-state index in [9.17, 15) is 23.1 Å². The predicted molar refractivity (Wildman–Crippen MR) is 86.5 cm³/mol. The van der Waals surface area contributed by atoms with Gasteiger partial charge in [0.2, 0.25) is 5.91 Å². The van der Waals surface area contributed by atoms with Crippen molar-refractivity contribution in [2.24, 2.45) is 5.92 Å². The predicted octanol–water partition coefficient (Wildman–Crippen LogP) is 3.62. The largest absolute Gasteiger partial charge is 0.416 e. The number of aliphatic hydroxyl groups excluding tert-OH is 1. The van der Waals surface area contributed by atoms with Crippen molar-refractivity contribution in [2.75, 3.05) is 0 Å². The summed E-state index contributed by atoms with van der Waals surface area (Å²) in [6.07, 6.45) is -3.71. The van der Waals surface area contributed by atoms with Gasteiger partial charge in [0.25, 0.3) is 0 Å². The van der Waals surface area contributed by atoms with Gasteiger partial charge in [-0.2, -0.15) is 13.2 Å². The van der Waals surface area contributed by atoms with Crippen LogP contribution in [0.1, 0.15) is 34.6 Å². The van der Waals surface area contributed by atoms with Crippen LogP contribution in [0.15, 0.2) is 48.5 Å². The van der Waals surface area contributed by atoms with Crippen LogP contribution in [0.4, 0.5) is 13.2 Å². The van der Waals surface area contributed by atoms with E-state index in [1.807, 2.05) is 18.2 Å². The van der Waals surface area contributed by atoms with Crippen LogP contribution < -0.4 is 5.32 Å². The summed E-state index contributed by atoms with van der Waals surface area (Å²) in [4.78, 5) is 12.2. The number of nitrogens with one attached hydrogen (secondary N) is 1. The Labute approximate surface area is 143 Å². The number of carbonyl (C=O) groups is 1. The smallest absolute Gasteiger partial charge is 0.392 e. The minimum atomic E-state index is -4.35. The molecule has 2 atom stereocenters. The Balaban J connectivity index is 1.57. The molecule has 0 bridgehead atoms. The third-order valence-electron chi connectivity index (χ3n) is 4.54. The highest BCUT2D eigenvalue weighted by molar-refractivity contribution is 5.82. The zero-order valence-corrected chi connectivity index (χ0v) is 13.4. The Morgan fingerprint density at radius 2 is 1.72 bits per heavy atom. The molecule has 1 saturated carbocycles. The number of amides is 1. The highest BCUT2D eigenvalue weighted by atomic mass is 19.4. The molecule has 1 aliphatic carbocycles. The molecule has 25 heavy (non-hydrogen) atoms. The number of rotatable bonds is 5. The molecule has 6 heteroatoms. The average molecular weight is 349 g/mol. The normalized spacial score (nSPS) is 19.5. The number of halogens is 3. The fourth-order valence-corrected chi connectivity index (χ4v) is 2.97. The summed E-state index contributed by atoms with van der Waals surface area (Å²) >= 11 is 0. The molecule has 0 radical (unpaired) electrons. The van der Waals surface area contributed by atoms with Crippen molar-refractivity contribution in [1.82, 2.24) is 5.32 Å². The van der Waals surface area contributed by atoms with Crippen molar-refractivity contribution in [2.45, 2.75) is 31.7 Å². The molecule has 2 aromatic carbocycles. The topological polar surface area (TPSA) is 49.3 Å². The molecule has 0 saturated heterocycles. The van der Waals surface area contributed by atoms with Crippen LogP contribution in [0.25, 0.3) is 0 Å². The number of carbonyl (C=O) groups excluding carboxylic acids is 1. The van der Waals surface area contributed by atoms with Gasteiger partial charge in [-0.15, -0.1) is 0 Å². The minimum absolute atomic E-state index is 0.0321. The first-order valence-corrected chi connectivity index (χ1v) is 8.02. The van der Waals surface area contributed by atoms with Gasteiger partial charge in [-0.3, -0.25) is 4.79 Å². The van der Waals surface area contributed by atoms with E-state index in [1.54, 1.807) is 6.07 Å². The van der Waals surface area contributed by atoms with E-state index in [-0.39, 0.29) is 24.3 Å². The van der Waals surface area contributed by atoms with Crippen LogP contribution in [-0.2, 0) is 24.1 Å². The molecular weight excluding hydrogens is 331 g/mol. The Morgan fingerprint density at radius 1 is 1.08 bits per heavy atom. The lowest BCUT2D eigenvalue weighted by Gasteiger charge is -2.09. The highest BCUT2D eigenvalue weighted by Gasteiger charge is 2.44. The summed E-state index contributed by atoms with van der Waals surface area (Å²) in [5.41, 5.74) is 1.69. The second-order valence-corrected chi connectivity index (χ2v) is 6.21. The van der Waals surface area contributed by atoms with Crippen molar-refractivity contribution in [1.29, 1.82) is 0 Å². The van der Waals surface area contributed by atoms with Crippen LogP contribution in [0.2, 0.25) is 0 Å². The van der Waals surface area contributed by atoms with Crippen molar-refractivity contribution in [3.63, 3.8) is 0 Å². The van der Waals surface area contributed by atoms with Gasteiger partial charge < -0.3 is 10.4 Å². The van der Waals surface area contributed by atoms with Gasteiger partial charge >= 0.3 is 6.18 Å². The first-order chi connectivity index (χ1) is 11.9. The molecule has 0 aromatic heterocycles. The maximum Gasteiger partial charge on any atom is 0.416 e. The Bertz CT molecular complexity index is 756. The van der Waals surface area contributed by atoms with Crippen molar-refractivity contribution in [3.8, 4) is 0 Å². The lowest BCUT2D eigenvalue weighted by molar-refractivity contribution is -0.137. The first-order valence-electron chi connectivity index (χ1n) is 8.02. The van der Waals surface area contributed by atoms with Gasteiger partial charge in [-0.05, 0) is 41.2 Å². The SMILES string of the molecule is O=C(NCc1ccccc1CO)[C@H]1C[C@H]1c1ccc(C(F)(F)F)cc1. The van der Waals surface area contributed by atoms with Crippen LogP contribution >= 0.6 is 0 Å². The number of benzene rings is 2. The van der Waals surface area contributed by atoms with Crippen LogP contribution in [0, 0.1) is 5.92 Å². The molecule has 1 fully saturated rings. The standard InChI is InChI=1S/C19H18F3NO2/c20-19(21,22)15-7-5-12(6-8-15)16-9-17(16)18(25)23-10-13-3-1-2-4-14(13)11-24/h1-8,16-17,24H,9-11H2,(H,23,25)/t16-,17-/m0/s1. The third kappa shape index (κ3) is 4.02. The van der Waals surface area contributed by atoms with E-state index in [0.717, 1.165) is 28.8 Å². The van der Waals surface area contributed by atoms with E-state index in [4.69, 9.17) is 0 Å². The second-order valence-electron chi connectivity index (χ2n) is 6.21. The van der Waals surface area contributed by atoms with E-state index in [1.165, 1.54) is 12.1 Å². The van der Waals surface area contributed by atoms with Crippen molar-refractivity contribution >= 4 is 5.91 Å². The second kappa shape index (κ2) is 6.88. The molecule has 3 nitrogen and oxygen atoms in total. The molecular formula is C19H18F3NO2. The van der Waals surface area contributed by atoms with E-state index < -0.39 is 11.7 Å². The maximum absolute atomic E-state index is 12.6. The monoisotopic (exact) mass is 349 g/mol. The molecule has 3 rings (SSSR count). The molecule has 1 amide bonds. The van der Waals surface area contributed by atoms with Gasteiger partial charge in [0, 0.05) is 12.5 Å². The van der Waals surface area contributed by atoms with Gasteiger partial charge in [0.1, 0.15) is 0 Å². The summed E-state index contributed by atoms with van der Waals surface area (Å²) in [5.74, 6) is -0.356. The quantitative estimate of drug-likeness (QED) is 0.866. The molecule has 2 N–H and O–H groups in total. The molecule has 0 unspecified atom stereocenters. The average Bonchev–Trinajstić information content (AvgIpc) is 3.40. The number of aliphatic hydroxyl groups is 1. The van der Waals surface area contributed by atoms with Gasteiger partial charge in [0.15, 0.2) is 0 Å². The van der Waals surface area contributed by atoms with E-state index in [2.05, 4.69) is 5.32 Å². The summed E-state index contributed by atoms with van der Waals surface area (Å²) in [6.45, 7) is 0.232. The summed E-state index contributed by atoms with van der Waals surface area (Å²) in [5, 5.41) is 12.1. The van der Waals surface area contributed by atoms with E-state index >= 15 is 0 Å². The Morgan fingerprint density at radius 3 is 2.32 bits per heavy atom. The third-order valence-corrected chi connectivity index (χ3v) is 4.54.